The minimum Gasteiger partial charge on any atom is -0.496 e. The molecule has 0 aromatic heterocycles. The summed E-state index contributed by atoms with van der Waals surface area (Å²) in [5.74, 6) is 1.38. The first-order valence-corrected chi connectivity index (χ1v) is 7.38. The van der Waals surface area contributed by atoms with Gasteiger partial charge in [-0.2, -0.15) is 0 Å². The number of methoxy groups -OCH3 is 1. The van der Waals surface area contributed by atoms with Crippen molar-refractivity contribution in [2.24, 2.45) is 0 Å². The maximum Gasteiger partial charge on any atom is 0.488 e. The Bertz CT molecular complexity index is 592. The molecule has 0 bridgehead atoms. The molecule has 0 aliphatic carbocycles. The number of rotatable bonds is 5. The van der Waals surface area contributed by atoms with Crippen LogP contribution in [0.25, 0.3) is 0 Å². The average molecular weight is 309 g/mol. The lowest BCUT2D eigenvalue weighted by Gasteiger charge is -2.10. The maximum atomic E-state index is 9.22. The molecule has 0 amide bonds. The van der Waals surface area contributed by atoms with Gasteiger partial charge in [0.2, 0.25) is 0 Å². The first-order chi connectivity index (χ1) is 9.60. The quantitative estimate of drug-likeness (QED) is 0.657. The van der Waals surface area contributed by atoms with Crippen LogP contribution < -0.4 is 10.2 Å². The van der Waals surface area contributed by atoms with Crippen LogP contribution in [0.5, 0.6) is 5.75 Å². The van der Waals surface area contributed by atoms with Gasteiger partial charge in [-0.25, -0.2) is 0 Å². The first kappa shape index (κ1) is 15.3. The molecule has 0 aliphatic heterocycles. The summed E-state index contributed by atoms with van der Waals surface area (Å²) in [6.07, 6.45) is 0. The fourth-order valence-electron chi connectivity index (χ4n) is 1.79. The topological polar surface area (TPSA) is 49.7 Å². The van der Waals surface area contributed by atoms with Crippen LogP contribution in [0, 0.1) is 0 Å². The van der Waals surface area contributed by atoms with Gasteiger partial charge in [-0.15, -0.1) is 11.8 Å². The third-order valence-corrected chi connectivity index (χ3v) is 4.07. The number of hydrogen-bond acceptors (Lipinski definition) is 4. The summed E-state index contributed by atoms with van der Waals surface area (Å²) in [6, 6.07) is 12.7. The van der Waals surface area contributed by atoms with Crippen molar-refractivity contribution in [3.8, 4) is 5.75 Å². The van der Waals surface area contributed by atoms with Crippen LogP contribution >= 0.6 is 23.4 Å². The fourth-order valence-corrected chi connectivity index (χ4v) is 2.98. The van der Waals surface area contributed by atoms with E-state index in [1.807, 2.05) is 24.3 Å². The monoisotopic (exact) mass is 308 g/mol. The number of halogens is 1. The average Bonchev–Trinajstić information content (AvgIpc) is 2.44. The van der Waals surface area contributed by atoms with Crippen molar-refractivity contribution in [1.29, 1.82) is 0 Å². The molecule has 2 aromatic carbocycles. The molecule has 0 saturated carbocycles. The van der Waals surface area contributed by atoms with Gasteiger partial charge in [0.15, 0.2) is 0 Å². The second-order valence-electron chi connectivity index (χ2n) is 4.19. The Hall–Kier alpha value is -1.14. The van der Waals surface area contributed by atoms with Gasteiger partial charge in [0.1, 0.15) is 5.75 Å². The van der Waals surface area contributed by atoms with E-state index in [0.29, 0.717) is 16.2 Å². The number of ether oxygens (including phenoxy) is 1. The Balaban J connectivity index is 2.17. The molecule has 0 heterocycles. The van der Waals surface area contributed by atoms with Gasteiger partial charge >= 0.3 is 7.12 Å². The lowest BCUT2D eigenvalue weighted by molar-refractivity contribution is 0.410. The Labute approximate surface area is 127 Å². The smallest absolute Gasteiger partial charge is 0.488 e. The van der Waals surface area contributed by atoms with Gasteiger partial charge in [-0.3, -0.25) is 0 Å². The van der Waals surface area contributed by atoms with Crippen LogP contribution in [0.15, 0.2) is 47.4 Å². The lowest BCUT2D eigenvalue weighted by atomic mass is 9.79. The molecule has 6 heteroatoms. The van der Waals surface area contributed by atoms with E-state index in [2.05, 4.69) is 0 Å². The van der Waals surface area contributed by atoms with E-state index >= 15 is 0 Å². The Kier molecular flexibility index (Phi) is 5.37. The van der Waals surface area contributed by atoms with Crippen LogP contribution in [-0.4, -0.2) is 24.3 Å². The molecule has 0 saturated heterocycles. The minimum atomic E-state index is -1.48. The zero-order valence-electron chi connectivity index (χ0n) is 10.9. The van der Waals surface area contributed by atoms with Crippen molar-refractivity contribution in [3.63, 3.8) is 0 Å². The second kappa shape index (κ2) is 7.04. The molecule has 0 spiro atoms. The normalized spacial score (nSPS) is 10.4. The summed E-state index contributed by atoms with van der Waals surface area (Å²) in [6.45, 7) is 0. The minimum absolute atomic E-state index is 0.451. The van der Waals surface area contributed by atoms with Gasteiger partial charge in [0.05, 0.1) is 7.11 Å². The van der Waals surface area contributed by atoms with E-state index in [1.165, 1.54) is 0 Å². The van der Waals surface area contributed by atoms with E-state index in [1.54, 1.807) is 37.1 Å². The Morgan fingerprint density at radius 3 is 2.65 bits per heavy atom. The Morgan fingerprint density at radius 1 is 1.20 bits per heavy atom. The largest absolute Gasteiger partial charge is 0.496 e. The predicted molar refractivity (Wildman–Crippen MR) is 83.8 cm³/mol. The Morgan fingerprint density at radius 2 is 2.00 bits per heavy atom. The van der Waals surface area contributed by atoms with E-state index < -0.39 is 7.12 Å². The van der Waals surface area contributed by atoms with Gasteiger partial charge < -0.3 is 14.8 Å². The lowest BCUT2D eigenvalue weighted by Crippen LogP contribution is -2.30. The van der Waals surface area contributed by atoms with Gasteiger partial charge in [0, 0.05) is 21.2 Å². The standard InChI is InChI=1S/C14H14BClO3S/c1-19-14-6-5-11(15(17)18)7-10(14)9-20-13-4-2-3-12(16)8-13/h2-8,17-18H,9H2,1H3. The number of thioether (sulfide) groups is 1. The zero-order valence-corrected chi connectivity index (χ0v) is 12.5. The van der Waals surface area contributed by atoms with Crippen LogP contribution in [0.4, 0.5) is 0 Å². The third-order valence-electron chi connectivity index (χ3n) is 2.79. The molecular formula is C14H14BClO3S. The van der Waals surface area contributed by atoms with Crippen molar-refractivity contribution in [2.75, 3.05) is 7.11 Å². The van der Waals surface area contributed by atoms with Crippen molar-refractivity contribution < 1.29 is 14.8 Å². The van der Waals surface area contributed by atoms with E-state index in [-0.39, 0.29) is 0 Å². The van der Waals surface area contributed by atoms with Crippen LogP contribution in [-0.2, 0) is 5.75 Å². The molecule has 0 radical (unpaired) electrons. The number of hydrogen-bond donors (Lipinski definition) is 2. The highest BCUT2D eigenvalue weighted by atomic mass is 35.5. The van der Waals surface area contributed by atoms with E-state index in [4.69, 9.17) is 16.3 Å². The molecule has 0 unspecified atom stereocenters. The first-order valence-electron chi connectivity index (χ1n) is 6.01. The summed E-state index contributed by atoms with van der Waals surface area (Å²) in [4.78, 5) is 1.05. The van der Waals surface area contributed by atoms with Gasteiger partial charge in [0.25, 0.3) is 0 Å². The molecule has 0 atom stereocenters. The summed E-state index contributed by atoms with van der Waals surface area (Å²) in [5, 5.41) is 19.1. The molecule has 2 N–H and O–H groups in total. The maximum absolute atomic E-state index is 9.22. The summed E-state index contributed by atoms with van der Waals surface area (Å²) < 4.78 is 5.29. The highest BCUT2D eigenvalue weighted by molar-refractivity contribution is 7.98. The predicted octanol–water partition coefficient (Wildman–Crippen LogP) is 2.32. The molecule has 2 aromatic rings. The summed E-state index contributed by atoms with van der Waals surface area (Å²) in [7, 11) is 0.119. The number of benzene rings is 2. The molecule has 20 heavy (non-hydrogen) atoms. The molecule has 0 aliphatic rings. The molecule has 2 rings (SSSR count). The molecule has 3 nitrogen and oxygen atoms in total. The van der Waals surface area contributed by atoms with E-state index in [9.17, 15) is 10.0 Å². The fraction of sp³-hybridized carbons (Fsp3) is 0.143. The summed E-state index contributed by atoms with van der Waals surface area (Å²) in [5.41, 5.74) is 1.36. The van der Waals surface area contributed by atoms with Gasteiger partial charge in [-0.1, -0.05) is 29.8 Å². The SMILES string of the molecule is COc1ccc(B(O)O)cc1CSc1cccc(Cl)c1. The van der Waals surface area contributed by atoms with E-state index in [0.717, 1.165) is 16.2 Å². The highest BCUT2D eigenvalue weighted by Crippen LogP contribution is 2.28. The molecular weight excluding hydrogens is 294 g/mol. The third kappa shape index (κ3) is 3.93. The van der Waals surface area contributed by atoms with Crippen LogP contribution in [0.2, 0.25) is 5.02 Å². The second-order valence-corrected chi connectivity index (χ2v) is 5.68. The van der Waals surface area contributed by atoms with Gasteiger partial charge in [-0.05, 0) is 29.7 Å². The summed E-state index contributed by atoms with van der Waals surface area (Å²) >= 11 is 7.56. The van der Waals surface area contributed by atoms with Crippen molar-refractivity contribution >= 4 is 35.9 Å². The van der Waals surface area contributed by atoms with Crippen LogP contribution in [0.3, 0.4) is 0 Å². The molecule has 104 valence electrons. The van der Waals surface area contributed by atoms with Crippen molar-refractivity contribution in [2.45, 2.75) is 10.6 Å². The van der Waals surface area contributed by atoms with Crippen LogP contribution in [0.1, 0.15) is 5.56 Å². The highest BCUT2D eigenvalue weighted by Gasteiger charge is 2.14. The van der Waals surface area contributed by atoms with Crippen molar-refractivity contribution in [1.82, 2.24) is 0 Å². The van der Waals surface area contributed by atoms with Crippen molar-refractivity contribution in [3.05, 3.63) is 53.1 Å². The molecule has 0 fully saturated rings. The zero-order chi connectivity index (χ0) is 14.5.